The number of hydrogen-bond acceptors (Lipinski definition) is 7. The molecule has 3 fully saturated rings. The maximum atomic E-state index is 14.0. The highest BCUT2D eigenvalue weighted by molar-refractivity contribution is 6.01. The van der Waals surface area contributed by atoms with Crippen molar-refractivity contribution in [3.63, 3.8) is 0 Å². The highest BCUT2D eigenvalue weighted by atomic mass is 19.1. The lowest BCUT2D eigenvalue weighted by Crippen LogP contribution is -2.51. The number of likely N-dealkylation sites (tertiary alicyclic amines) is 2. The van der Waals surface area contributed by atoms with Gasteiger partial charge in [0.25, 0.3) is 5.56 Å². The van der Waals surface area contributed by atoms with E-state index in [4.69, 9.17) is 4.74 Å². The molecule has 0 saturated carbocycles. The summed E-state index contributed by atoms with van der Waals surface area (Å²) in [5.74, 6) is 0.176. The molecule has 1 unspecified atom stereocenters. The Kier molecular flexibility index (Phi) is 10.5. The van der Waals surface area contributed by atoms with Gasteiger partial charge in [0.15, 0.2) is 0 Å². The number of methoxy groups -OCH3 is 1. The molecule has 278 valence electrons. The van der Waals surface area contributed by atoms with Crippen LogP contribution in [0.2, 0.25) is 0 Å². The molecule has 3 saturated heterocycles. The van der Waals surface area contributed by atoms with Gasteiger partial charge in [-0.3, -0.25) is 24.6 Å². The molecule has 12 heteroatoms. The maximum Gasteiger partial charge on any atom is 0.319 e. The first kappa shape index (κ1) is 36.1. The third kappa shape index (κ3) is 7.78. The number of carbonyl (C=O) groups excluding carboxylic acids is 3. The summed E-state index contributed by atoms with van der Waals surface area (Å²) in [7, 11) is 5.27. The van der Waals surface area contributed by atoms with E-state index in [9.17, 15) is 23.6 Å². The van der Waals surface area contributed by atoms with Gasteiger partial charge in [-0.1, -0.05) is 30.3 Å². The van der Waals surface area contributed by atoms with Crippen LogP contribution in [0.3, 0.4) is 0 Å². The molecule has 1 atom stereocenters. The molecule has 0 radical (unpaired) electrons. The predicted molar refractivity (Wildman–Crippen MR) is 202 cm³/mol. The van der Waals surface area contributed by atoms with Crippen molar-refractivity contribution < 1.29 is 23.5 Å². The van der Waals surface area contributed by atoms with Gasteiger partial charge in [0.2, 0.25) is 11.8 Å². The lowest BCUT2D eigenvalue weighted by Gasteiger charge is -2.40. The molecule has 7 rings (SSSR count). The molecule has 0 aliphatic carbocycles. The van der Waals surface area contributed by atoms with Crippen LogP contribution in [-0.4, -0.2) is 89.5 Å². The van der Waals surface area contributed by atoms with Crippen LogP contribution in [0, 0.1) is 5.82 Å². The van der Waals surface area contributed by atoms with Crippen molar-refractivity contribution in [3.8, 4) is 16.9 Å². The van der Waals surface area contributed by atoms with Crippen molar-refractivity contribution >= 4 is 34.3 Å². The van der Waals surface area contributed by atoms with E-state index in [0.29, 0.717) is 49.2 Å². The molecule has 11 nitrogen and oxygen atoms in total. The molecule has 1 aromatic heterocycles. The smallest absolute Gasteiger partial charge is 0.319 e. The van der Waals surface area contributed by atoms with E-state index in [1.165, 1.54) is 22.3 Å². The summed E-state index contributed by atoms with van der Waals surface area (Å²) < 4.78 is 21.3. The van der Waals surface area contributed by atoms with E-state index in [0.717, 1.165) is 66.9 Å². The number of aromatic nitrogens is 1. The molecule has 4 amide bonds. The summed E-state index contributed by atoms with van der Waals surface area (Å²) in [4.78, 5) is 56.2. The highest BCUT2D eigenvalue weighted by Gasteiger charge is 2.31. The van der Waals surface area contributed by atoms with Gasteiger partial charge in [0.05, 0.1) is 12.5 Å². The first-order valence-corrected chi connectivity index (χ1v) is 18.5. The number of halogens is 1. The minimum atomic E-state index is -0.442. The second kappa shape index (κ2) is 15.4. The number of anilines is 1. The van der Waals surface area contributed by atoms with E-state index in [1.54, 1.807) is 26.4 Å². The van der Waals surface area contributed by atoms with Crippen LogP contribution >= 0.6 is 0 Å². The van der Waals surface area contributed by atoms with Gasteiger partial charge in [-0.05, 0) is 84.9 Å². The summed E-state index contributed by atoms with van der Waals surface area (Å²) >= 11 is 0. The quantitative estimate of drug-likeness (QED) is 0.232. The fraction of sp³-hybridized carbons (Fsp3) is 0.415. The monoisotopic (exact) mass is 722 g/mol. The van der Waals surface area contributed by atoms with E-state index < -0.39 is 11.9 Å². The van der Waals surface area contributed by atoms with E-state index >= 15 is 0 Å². The van der Waals surface area contributed by atoms with Crippen LogP contribution in [0.25, 0.3) is 21.9 Å². The zero-order valence-corrected chi connectivity index (χ0v) is 30.6. The zero-order chi connectivity index (χ0) is 37.2. The number of piperidine rings is 3. The Morgan fingerprint density at radius 3 is 2.36 bits per heavy atom. The lowest BCUT2D eigenvalue weighted by molar-refractivity contribution is -0.133. The number of nitrogens with zero attached hydrogens (tertiary/aromatic N) is 4. The van der Waals surface area contributed by atoms with Crippen LogP contribution in [-0.2, 0) is 23.2 Å². The number of carbonyl (C=O) groups is 3. The molecule has 2 N–H and O–H groups in total. The number of hydrogen-bond donors (Lipinski definition) is 2. The normalized spacial score (nSPS) is 18.9. The zero-order valence-electron chi connectivity index (χ0n) is 30.6. The standard InChI is InChI=1S/C41H47FN6O5/c1-45-25-35(33-11-8-30(42)23-34(33)40(45)51)28-4-5-29(37(22-28)53-3)24-47-18-16-32(17-19-47)46(2)41(52)48-20-14-27(15-21-48)26-6-9-31(10-7-26)43-36-12-13-38(49)44-39(36)50/h4-11,22-23,25,27,32,36,43H,12-21,24H2,1-3H3,(H,44,49,50). The third-order valence-corrected chi connectivity index (χ3v) is 11.3. The van der Waals surface area contributed by atoms with Crippen molar-refractivity contribution in [1.29, 1.82) is 0 Å². The number of fused-ring (bicyclic) bond motifs is 1. The largest absolute Gasteiger partial charge is 0.496 e. The Labute approximate surface area is 308 Å². The fourth-order valence-electron chi connectivity index (χ4n) is 8.09. The molecular formula is C41H47FN6O5. The highest BCUT2D eigenvalue weighted by Crippen LogP contribution is 2.34. The Morgan fingerprint density at radius 2 is 1.66 bits per heavy atom. The average molecular weight is 723 g/mol. The summed E-state index contributed by atoms with van der Waals surface area (Å²) in [6, 6.07) is 18.4. The van der Waals surface area contributed by atoms with E-state index in [2.05, 4.69) is 33.7 Å². The van der Waals surface area contributed by atoms with Gasteiger partial charge >= 0.3 is 6.03 Å². The van der Waals surface area contributed by atoms with Crippen molar-refractivity contribution in [1.82, 2.24) is 24.6 Å². The second-order valence-electron chi connectivity index (χ2n) is 14.6. The Hall–Kier alpha value is -5.23. The van der Waals surface area contributed by atoms with Gasteiger partial charge < -0.3 is 24.4 Å². The number of imide groups is 1. The van der Waals surface area contributed by atoms with E-state index in [-0.39, 0.29) is 29.4 Å². The molecule has 3 aliphatic rings. The minimum Gasteiger partial charge on any atom is -0.496 e. The summed E-state index contributed by atoms with van der Waals surface area (Å²) in [6.07, 6.45) is 6.18. The van der Waals surface area contributed by atoms with Gasteiger partial charge in [-0.15, -0.1) is 0 Å². The van der Waals surface area contributed by atoms with Crippen LogP contribution in [0.1, 0.15) is 55.6 Å². The molecule has 4 heterocycles. The van der Waals surface area contributed by atoms with Crippen LogP contribution in [0.5, 0.6) is 5.75 Å². The molecule has 3 aromatic carbocycles. The molecule has 0 spiro atoms. The minimum absolute atomic E-state index is 0.0941. The van der Waals surface area contributed by atoms with Gasteiger partial charge in [-0.2, -0.15) is 0 Å². The Morgan fingerprint density at radius 1 is 0.925 bits per heavy atom. The topological polar surface area (TPSA) is 116 Å². The predicted octanol–water partition coefficient (Wildman–Crippen LogP) is 5.47. The van der Waals surface area contributed by atoms with Gasteiger partial charge in [-0.25, -0.2) is 9.18 Å². The average Bonchev–Trinajstić information content (AvgIpc) is 3.17. The van der Waals surface area contributed by atoms with Gasteiger partial charge in [0, 0.05) is 82.3 Å². The van der Waals surface area contributed by atoms with Crippen LogP contribution in [0.4, 0.5) is 14.9 Å². The summed E-state index contributed by atoms with van der Waals surface area (Å²) in [5, 5.41) is 6.66. The number of ether oxygens (including phenoxy) is 1. The molecular weight excluding hydrogens is 675 g/mol. The third-order valence-electron chi connectivity index (χ3n) is 11.3. The number of rotatable bonds is 8. The van der Waals surface area contributed by atoms with Crippen molar-refractivity contribution in [2.24, 2.45) is 7.05 Å². The SMILES string of the molecule is COc1cc(-c2cn(C)c(=O)c3cc(F)ccc23)ccc1CN1CCC(N(C)C(=O)N2CCC(c3ccc(NC4CCC(=O)NC4=O)cc3)CC2)CC1. The number of aryl methyl sites for hydroxylation is 1. The lowest BCUT2D eigenvalue weighted by atomic mass is 9.89. The summed E-state index contributed by atoms with van der Waals surface area (Å²) in [6.45, 7) is 3.87. The van der Waals surface area contributed by atoms with Crippen molar-refractivity contribution in [2.75, 3.05) is 45.7 Å². The first-order chi connectivity index (χ1) is 25.6. The van der Waals surface area contributed by atoms with Gasteiger partial charge in [0.1, 0.15) is 17.6 Å². The van der Waals surface area contributed by atoms with Crippen LogP contribution < -0.4 is 20.9 Å². The first-order valence-electron chi connectivity index (χ1n) is 18.5. The Bertz CT molecular complexity index is 2070. The number of nitrogens with one attached hydrogen (secondary N) is 2. The van der Waals surface area contributed by atoms with E-state index in [1.807, 2.05) is 41.1 Å². The van der Waals surface area contributed by atoms with Crippen molar-refractivity contribution in [3.05, 3.63) is 94.2 Å². The second-order valence-corrected chi connectivity index (χ2v) is 14.6. The number of amides is 4. The summed E-state index contributed by atoms with van der Waals surface area (Å²) in [5.41, 5.74) is 4.62. The number of urea groups is 1. The maximum absolute atomic E-state index is 14.0. The van der Waals surface area contributed by atoms with Crippen LogP contribution in [0.15, 0.2) is 71.7 Å². The molecule has 53 heavy (non-hydrogen) atoms. The molecule has 4 aromatic rings. The number of benzene rings is 3. The Balaban J connectivity index is 0.901. The fourth-order valence-corrected chi connectivity index (χ4v) is 8.09. The molecule has 0 bridgehead atoms. The number of pyridine rings is 1. The van der Waals surface area contributed by atoms with Crippen molar-refractivity contribution in [2.45, 2.75) is 63.1 Å². The molecule has 3 aliphatic heterocycles.